The van der Waals surface area contributed by atoms with Gasteiger partial charge >= 0.3 is 11.9 Å². The van der Waals surface area contributed by atoms with Crippen LogP contribution in [0.2, 0.25) is 0 Å². The smallest absolute Gasteiger partial charge is 0.416 e. The van der Waals surface area contributed by atoms with Gasteiger partial charge in [0.05, 0.1) is 17.6 Å². The van der Waals surface area contributed by atoms with Crippen LogP contribution >= 0.6 is 0 Å². The Bertz CT molecular complexity index is 992. The molecule has 178 valence electrons. The zero-order chi connectivity index (χ0) is 24.0. The maximum atomic E-state index is 12.9. The number of hydrogen-bond donors (Lipinski definition) is 1. The second kappa shape index (κ2) is 10.5. The van der Waals surface area contributed by atoms with Crippen LogP contribution in [0.4, 0.5) is 24.5 Å². The Kier molecular flexibility index (Phi) is 7.75. The van der Waals surface area contributed by atoms with E-state index >= 15 is 0 Å². The van der Waals surface area contributed by atoms with Crippen molar-refractivity contribution in [3.63, 3.8) is 0 Å². The summed E-state index contributed by atoms with van der Waals surface area (Å²) in [5.74, 6) is -0.323. The van der Waals surface area contributed by atoms with E-state index in [4.69, 9.17) is 4.74 Å². The van der Waals surface area contributed by atoms with E-state index < -0.39 is 22.6 Å². The first-order chi connectivity index (χ1) is 15.7. The lowest BCUT2D eigenvalue weighted by Crippen LogP contribution is -2.47. The van der Waals surface area contributed by atoms with E-state index in [-0.39, 0.29) is 17.0 Å². The topological polar surface area (TPSA) is 88.0 Å². The number of piperazine rings is 1. The van der Waals surface area contributed by atoms with Crippen molar-refractivity contribution in [2.45, 2.75) is 12.6 Å². The molecule has 0 atom stereocenters. The Morgan fingerprint density at radius 1 is 1.15 bits per heavy atom. The van der Waals surface area contributed by atoms with Gasteiger partial charge in [0.25, 0.3) is 5.91 Å². The van der Waals surface area contributed by atoms with Gasteiger partial charge in [-0.3, -0.25) is 19.8 Å². The second-order valence-electron chi connectivity index (χ2n) is 7.63. The number of nitro groups is 1. The standard InChI is InChI=1S/C22H25F3N4O4/c1-33-20-7-6-16(14-19(20)29(31)32)21(30)26-8-3-9-27-10-12-28(13-11-27)18-5-2-4-17(15-18)22(23,24)25/h2,4-7,14-15H,3,8-13H2,1H3,(H,26,30). The SMILES string of the molecule is COc1ccc(C(=O)NCCCN2CCN(c3cccc(C(F)(F)F)c3)CC2)cc1[N+](=O)[O-]. The Balaban J connectivity index is 1.43. The highest BCUT2D eigenvalue weighted by molar-refractivity contribution is 5.95. The number of rotatable bonds is 8. The molecule has 0 aliphatic carbocycles. The molecule has 1 amide bonds. The van der Waals surface area contributed by atoms with Gasteiger partial charge in [0.15, 0.2) is 5.75 Å². The highest BCUT2D eigenvalue weighted by Crippen LogP contribution is 2.32. The molecule has 1 aliphatic rings. The molecule has 8 nitrogen and oxygen atoms in total. The number of carbonyl (C=O) groups is 1. The number of nitrogens with one attached hydrogen (secondary N) is 1. The molecule has 0 saturated carbocycles. The van der Waals surface area contributed by atoms with E-state index in [0.29, 0.717) is 44.8 Å². The molecule has 0 spiro atoms. The number of benzene rings is 2. The van der Waals surface area contributed by atoms with Crippen molar-refractivity contribution in [3.8, 4) is 5.75 Å². The molecule has 1 N–H and O–H groups in total. The van der Waals surface area contributed by atoms with Crippen LogP contribution in [0, 0.1) is 10.1 Å². The van der Waals surface area contributed by atoms with Crippen molar-refractivity contribution in [2.75, 3.05) is 51.3 Å². The normalized spacial score (nSPS) is 14.7. The van der Waals surface area contributed by atoms with Crippen LogP contribution in [-0.4, -0.2) is 62.1 Å². The maximum Gasteiger partial charge on any atom is 0.416 e. The lowest BCUT2D eigenvalue weighted by atomic mass is 10.1. The van der Waals surface area contributed by atoms with Gasteiger partial charge in [0.1, 0.15) is 0 Å². The number of nitrogens with zero attached hydrogens (tertiary/aromatic N) is 3. The minimum Gasteiger partial charge on any atom is -0.490 e. The van der Waals surface area contributed by atoms with E-state index in [0.717, 1.165) is 12.6 Å². The van der Waals surface area contributed by atoms with Gasteiger partial charge in [-0.1, -0.05) is 6.07 Å². The average Bonchev–Trinajstić information content (AvgIpc) is 2.81. The van der Waals surface area contributed by atoms with E-state index in [1.54, 1.807) is 6.07 Å². The van der Waals surface area contributed by atoms with Gasteiger partial charge in [0.2, 0.25) is 0 Å². The monoisotopic (exact) mass is 466 g/mol. The molecule has 2 aromatic carbocycles. The summed E-state index contributed by atoms with van der Waals surface area (Å²) in [6, 6.07) is 9.38. The molecule has 1 heterocycles. The molecule has 33 heavy (non-hydrogen) atoms. The van der Waals surface area contributed by atoms with E-state index in [1.807, 2.05) is 4.90 Å². The summed E-state index contributed by atoms with van der Waals surface area (Å²) in [6.45, 7) is 3.75. The molecule has 3 rings (SSSR count). The van der Waals surface area contributed by atoms with Crippen LogP contribution in [0.1, 0.15) is 22.3 Å². The largest absolute Gasteiger partial charge is 0.490 e. The number of ether oxygens (including phenoxy) is 1. The van der Waals surface area contributed by atoms with Gasteiger partial charge in [-0.05, 0) is 43.3 Å². The van der Waals surface area contributed by atoms with Crippen molar-refractivity contribution in [3.05, 3.63) is 63.7 Å². The molecule has 2 aromatic rings. The Morgan fingerprint density at radius 2 is 1.88 bits per heavy atom. The number of amides is 1. The molecule has 0 bridgehead atoms. The Hall–Kier alpha value is -3.34. The fourth-order valence-electron chi connectivity index (χ4n) is 3.69. The van der Waals surface area contributed by atoms with Gasteiger partial charge in [-0.2, -0.15) is 13.2 Å². The van der Waals surface area contributed by atoms with E-state index in [1.165, 1.54) is 37.4 Å². The molecule has 1 fully saturated rings. The number of methoxy groups -OCH3 is 1. The van der Waals surface area contributed by atoms with E-state index in [2.05, 4.69) is 10.2 Å². The minimum atomic E-state index is -4.36. The number of anilines is 1. The average molecular weight is 466 g/mol. The molecule has 1 aliphatic heterocycles. The van der Waals surface area contributed by atoms with E-state index in [9.17, 15) is 28.1 Å². The van der Waals surface area contributed by atoms with Gasteiger partial charge in [0, 0.05) is 50.0 Å². The summed E-state index contributed by atoms with van der Waals surface area (Å²) in [5, 5.41) is 13.9. The fraction of sp³-hybridized carbons (Fsp3) is 0.409. The number of alkyl halides is 3. The van der Waals surface area contributed by atoms with Crippen LogP contribution in [0.5, 0.6) is 5.75 Å². The molecular formula is C22H25F3N4O4. The molecule has 0 aromatic heterocycles. The van der Waals surface area contributed by atoms with Crippen LogP contribution in [0.15, 0.2) is 42.5 Å². The van der Waals surface area contributed by atoms with Gasteiger partial charge < -0.3 is 15.0 Å². The first-order valence-corrected chi connectivity index (χ1v) is 10.4. The van der Waals surface area contributed by atoms with Crippen molar-refractivity contribution < 1.29 is 27.6 Å². The molecular weight excluding hydrogens is 441 g/mol. The first kappa shape index (κ1) is 24.3. The lowest BCUT2D eigenvalue weighted by Gasteiger charge is -2.36. The van der Waals surface area contributed by atoms with Crippen molar-refractivity contribution >= 4 is 17.3 Å². The third-order valence-corrected chi connectivity index (χ3v) is 5.49. The number of halogens is 3. The predicted octanol–water partition coefficient (Wildman–Crippen LogP) is 3.56. The van der Waals surface area contributed by atoms with Crippen LogP contribution in [-0.2, 0) is 6.18 Å². The van der Waals surface area contributed by atoms with Crippen LogP contribution in [0.25, 0.3) is 0 Å². The quantitative estimate of drug-likeness (QED) is 0.364. The van der Waals surface area contributed by atoms with Crippen LogP contribution < -0.4 is 15.0 Å². The molecule has 0 radical (unpaired) electrons. The van der Waals surface area contributed by atoms with Gasteiger partial charge in [-0.15, -0.1) is 0 Å². The number of nitro benzene ring substituents is 1. The van der Waals surface area contributed by atoms with Crippen molar-refractivity contribution in [1.82, 2.24) is 10.2 Å². The summed E-state index contributed by atoms with van der Waals surface area (Å²) in [7, 11) is 1.32. The molecule has 1 saturated heterocycles. The molecule has 0 unspecified atom stereocenters. The Morgan fingerprint density at radius 3 is 2.52 bits per heavy atom. The zero-order valence-electron chi connectivity index (χ0n) is 18.1. The summed E-state index contributed by atoms with van der Waals surface area (Å²) < 4.78 is 43.7. The van der Waals surface area contributed by atoms with Crippen molar-refractivity contribution in [2.24, 2.45) is 0 Å². The Labute approximate surface area is 189 Å². The predicted molar refractivity (Wildman–Crippen MR) is 117 cm³/mol. The highest BCUT2D eigenvalue weighted by atomic mass is 19.4. The number of carbonyl (C=O) groups excluding carboxylic acids is 1. The summed E-state index contributed by atoms with van der Waals surface area (Å²) in [6.07, 6.45) is -3.69. The van der Waals surface area contributed by atoms with Crippen LogP contribution in [0.3, 0.4) is 0 Å². The summed E-state index contributed by atoms with van der Waals surface area (Å²) in [5.41, 5.74) is -0.188. The second-order valence-corrected chi connectivity index (χ2v) is 7.63. The number of hydrogen-bond acceptors (Lipinski definition) is 6. The first-order valence-electron chi connectivity index (χ1n) is 10.4. The van der Waals surface area contributed by atoms with Crippen molar-refractivity contribution in [1.29, 1.82) is 0 Å². The summed E-state index contributed by atoms with van der Waals surface area (Å²) in [4.78, 5) is 26.9. The summed E-state index contributed by atoms with van der Waals surface area (Å²) >= 11 is 0. The minimum absolute atomic E-state index is 0.0841. The highest BCUT2D eigenvalue weighted by Gasteiger charge is 2.31. The third kappa shape index (κ3) is 6.35. The lowest BCUT2D eigenvalue weighted by molar-refractivity contribution is -0.385. The maximum absolute atomic E-state index is 12.9. The third-order valence-electron chi connectivity index (χ3n) is 5.49. The zero-order valence-corrected chi connectivity index (χ0v) is 18.1. The fourth-order valence-corrected chi connectivity index (χ4v) is 3.69. The van der Waals surface area contributed by atoms with Gasteiger partial charge in [-0.25, -0.2) is 0 Å². The molecule has 11 heteroatoms.